The minimum atomic E-state index is -0.752. The third-order valence-electron chi connectivity index (χ3n) is 1.58. The van der Waals surface area contributed by atoms with Crippen LogP contribution in [-0.4, -0.2) is 17.6 Å². The third-order valence-corrected chi connectivity index (χ3v) is 1.58. The van der Waals surface area contributed by atoms with Gasteiger partial charge in [0.2, 0.25) is 0 Å². The van der Waals surface area contributed by atoms with Gasteiger partial charge in [0.1, 0.15) is 0 Å². The van der Waals surface area contributed by atoms with Crippen LogP contribution in [0.5, 0.6) is 0 Å². The first kappa shape index (κ1) is 10.2. The predicted octanol–water partition coefficient (Wildman–Crippen LogP) is 1.00. The van der Waals surface area contributed by atoms with Crippen molar-refractivity contribution in [3.8, 4) is 0 Å². The first-order chi connectivity index (χ1) is 5.22. The highest BCUT2D eigenvalue weighted by Gasteiger charge is 2.14. The van der Waals surface area contributed by atoms with Gasteiger partial charge in [-0.25, -0.2) is 0 Å². The summed E-state index contributed by atoms with van der Waals surface area (Å²) in [6.07, 6.45) is 3.68. The SMILES string of the molecule is C=CCCC(CCN)C(=O)O. The van der Waals surface area contributed by atoms with Crippen molar-refractivity contribution in [2.45, 2.75) is 19.3 Å². The van der Waals surface area contributed by atoms with E-state index in [0.717, 1.165) is 6.42 Å². The fraction of sp³-hybridized carbons (Fsp3) is 0.625. The molecule has 3 heteroatoms. The number of carboxylic acid groups (broad SMARTS) is 1. The Morgan fingerprint density at radius 2 is 2.27 bits per heavy atom. The zero-order chi connectivity index (χ0) is 8.69. The van der Waals surface area contributed by atoms with Gasteiger partial charge < -0.3 is 10.8 Å². The fourth-order valence-electron chi connectivity index (χ4n) is 0.912. The van der Waals surface area contributed by atoms with Crippen molar-refractivity contribution in [2.24, 2.45) is 11.7 Å². The maximum atomic E-state index is 10.5. The molecule has 0 fully saturated rings. The van der Waals surface area contributed by atoms with Crippen LogP contribution in [0, 0.1) is 5.92 Å². The average molecular weight is 157 g/mol. The molecule has 0 spiro atoms. The topological polar surface area (TPSA) is 63.3 Å². The van der Waals surface area contributed by atoms with Crippen LogP contribution in [0.3, 0.4) is 0 Å². The van der Waals surface area contributed by atoms with Crippen LogP contribution >= 0.6 is 0 Å². The normalized spacial score (nSPS) is 12.5. The standard InChI is InChI=1S/C8H15NO2/c1-2-3-4-7(5-6-9)8(10)11/h2,7H,1,3-6,9H2,(H,10,11). The molecule has 0 aromatic heterocycles. The van der Waals surface area contributed by atoms with Crippen molar-refractivity contribution in [2.75, 3.05) is 6.54 Å². The lowest BCUT2D eigenvalue weighted by Crippen LogP contribution is -2.17. The number of hydrogen-bond acceptors (Lipinski definition) is 2. The van der Waals surface area contributed by atoms with Crippen molar-refractivity contribution >= 4 is 5.97 Å². The van der Waals surface area contributed by atoms with Gasteiger partial charge in [0.25, 0.3) is 0 Å². The number of carbonyl (C=O) groups is 1. The van der Waals surface area contributed by atoms with Crippen molar-refractivity contribution in [1.29, 1.82) is 0 Å². The Labute approximate surface area is 66.9 Å². The van der Waals surface area contributed by atoms with Crippen LogP contribution < -0.4 is 5.73 Å². The monoisotopic (exact) mass is 157 g/mol. The molecule has 64 valence electrons. The highest BCUT2D eigenvalue weighted by molar-refractivity contribution is 5.69. The van der Waals surface area contributed by atoms with Gasteiger partial charge in [-0.15, -0.1) is 6.58 Å². The van der Waals surface area contributed by atoms with Crippen LogP contribution in [-0.2, 0) is 4.79 Å². The number of hydrogen-bond donors (Lipinski definition) is 2. The van der Waals surface area contributed by atoms with Gasteiger partial charge in [-0.05, 0) is 25.8 Å². The molecule has 0 amide bonds. The number of allylic oxidation sites excluding steroid dienone is 1. The number of aliphatic carboxylic acids is 1. The maximum Gasteiger partial charge on any atom is 0.306 e. The molecule has 11 heavy (non-hydrogen) atoms. The molecule has 0 aromatic carbocycles. The summed E-state index contributed by atoms with van der Waals surface area (Å²) in [6.45, 7) is 3.97. The van der Waals surface area contributed by atoms with E-state index in [2.05, 4.69) is 6.58 Å². The van der Waals surface area contributed by atoms with Gasteiger partial charge in [-0.3, -0.25) is 4.79 Å². The smallest absolute Gasteiger partial charge is 0.306 e. The molecular formula is C8H15NO2. The summed E-state index contributed by atoms with van der Waals surface area (Å²) in [5.74, 6) is -1.05. The molecule has 1 atom stereocenters. The van der Waals surface area contributed by atoms with E-state index in [-0.39, 0.29) is 5.92 Å². The fourth-order valence-corrected chi connectivity index (χ4v) is 0.912. The first-order valence-electron chi connectivity index (χ1n) is 3.76. The van der Waals surface area contributed by atoms with Gasteiger partial charge in [-0.1, -0.05) is 6.08 Å². The van der Waals surface area contributed by atoms with Crippen molar-refractivity contribution in [3.05, 3.63) is 12.7 Å². The van der Waals surface area contributed by atoms with Crippen molar-refractivity contribution in [3.63, 3.8) is 0 Å². The summed E-state index contributed by atoms with van der Waals surface area (Å²) in [7, 11) is 0. The number of rotatable bonds is 6. The van der Waals surface area contributed by atoms with E-state index in [1.54, 1.807) is 6.08 Å². The molecule has 1 unspecified atom stereocenters. The summed E-state index contributed by atoms with van der Waals surface area (Å²) < 4.78 is 0. The van der Waals surface area contributed by atoms with E-state index < -0.39 is 5.97 Å². The van der Waals surface area contributed by atoms with Crippen LogP contribution in [0.1, 0.15) is 19.3 Å². The van der Waals surface area contributed by atoms with Crippen molar-refractivity contribution < 1.29 is 9.90 Å². The Morgan fingerprint density at radius 3 is 2.64 bits per heavy atom. The van der Waals surface area contributed by atoms with E-state index in [1.165, 1.54) is 0 Å². The number of nitrogens with two attached hydrogens (primary N) is 1. The second-order valence-electron chi connectivity index (χ2n) is 2.48. The Bertz CT molecular complexity index is 134. The molecule has 0 saturated carbocycles. The van der Waals surface area contributed by atoms with Gasteiger partial charge in [0, 0.05) is 0 Å². The lowest BCUT2D eigenvalue weighted by Gasteiger charge is -2.08. The maximum absolute atomic E-state index is 10.5. The Balaban J connectivity index is 3.68. The quantitative estimate of drug-likeness (QED) is 0.565. The van der Waals surface area contributed by atoms with Crippen LogP contribution in [0.15, 0.2) is 12.7 Å². The van der Waals surface area contributed by atoms with Crippen LogP contribution in [0.2, 0.25) is 0 Å². The van der Waals surface area contributed by atoms with E-state index in [0.29, 0.717) is 19.4 Å². The zero-order valence-electron chi connectivity index (χ0n) is 6.62. The summed E-state index contributed by atoms with van der Waals surface area (Å²) in [5, 5.41) is 8.64. The Hall–Kier alpha value is -0.830. The molecule has 0 rings (SSSR count). The average Bonchev–Trinajstić information content (AvgIpc) is 1.97. The number of carboxylic acids is 1. The van der Waals surface area contributed by atoms with Crippen LogP contribution in [0.25, 0.3) is 0 Å². The van der Waals surface area contributed by atoms with Crippen molar-refractivity contribution in [1.82, 2.24) is 0 Å². The summed E-state index contributed by atoms with van der Waals surface area (Å²) >= 11 is 0. The van der Waals surface area contributed by atoms with Crippen LogP contribution in [0.4, 0.5) is 0 Å². The lowest BCUT2D eigenvalue weighted by atomic mass is 10.00. The molecule has 0 aliphatic carbocycles. The summed E-state index contributed by atoms with van der Waals surface area (Å²) in [4.78, 5) is 10.5. The van der Waals surface area contributed by atoms with Gasteiger partial charge in [-0.2, -0.15) is 0 Å². The molecule has 3 N–H and O–H groups in total. The largest absolute Gasteiger partial charge is 0.481 e. The molecule has 3 nitrogen and oxygen atoms in total. The van der Waals surface area contributed by atoms with E-state index in [4.69, 9.17) is 10.8 Å². The minimum absolute atomic E-state index is 0.294. The molecule has 0 aromatic rings. The lowest BCUT2D eigenvalue weighted by molar-refractivity contribution is -0.142. The van der Waals surface area contributed by atoms with E-state index in [1.807, 2.05) is 0 Å². The summed E-state index contributed by atoms with van der Waals surface area (Å²) in [6, 6.07) is 0. The minimum Gasteiger partial charge on any atom is -0.481 e. The molecular weight excluding hydrogens is 142 g/mol. The predicted molar refractivity (Wildman–Crippen MR) is 44.2 cm³/mol. The molecule has 0 saturated heterocycles. The second-order valence-corrected chi connectivity index (χ2v) is 2.48. The Kier molecular flexibility index (Phi) is 5.47. The second kappa shape index (κ2) is 5.92. The highest BCUT2D eigenvalue weighted by atomic mass is 16.4. The molecule has 0 aliphatic rings. The van der Waals surface area contributed by atoms with Gasteiger partial charge >= 0.3 is 5.97 Å². The molecule has 0 bridgehead atoms. The molecule has 0 heterocycles. The van der Waals surface area contributed by atoms with Gasteiger partial charge in [0.05, 0.1) is 5.92 Å². The third kappa shape index (κ3) is 4.56. The van der Waals surface area contributed by atoms with E-state index >= 15 is 0 Å². The summed E-state index contributed by atoms with van der Waals surface area (Å²) in [5.41, 5.74) is 5.25. The van der Waals surface area contributed by atoms with Gasteiger partial charge in [0.15, 0.2) is 0 Å². The highest BCUT2D eigenvalue weighted by Crippen LogP contribution is 2.10. The van der Waals surface area contributed by atoms with E-state index in [9.17, 15) is 4.79 Å². The molecule has 0 radical (unpaired) electrons. The first-order valence-corrected chi connectivity index (χ1v) is 3.76. The molecule has 0 aliphatic heterocycles. The Morgan fingerprint density at radius 1 is 1.64 bits per heavy atom. The zero-order valence-corrected chi connectivity index (χ0v) is 6.62.